The van der Waals surface area contributed by atoms with Crippen molar-refractivity contribution in [2.45, 2.75) is 11.9 Å². The molecule has 1 aliphatic rings. The van der Waals surface area contributed by atoms with Crippen molar-refractivity contribution in [2.75, 3.05) is 72.0 Å². The maximum atomic E-state index is 11.8. The first-order valence-electron chi connectivity index (χ1n) is 9.93. The molecular weight excluding hydrogens is 451 g/mol. The minimum Gasteiger partial charge on any atom is -0.481 e. The second-order valence-corrected chi connectivity index (χ2v) is 8.72. The minimum atomic E-state index is -2.14. The van der Waals surface area contributed by atoms with E-state index in [2.05, 4.69) is 0 Å². The monoisotopic (exact) mass is 482 g/mol. The van der Waals surface area contributed by atoms with Crippen LogP contribution in [0.2, 0.25) is 0 Å². The van der Waals surface area contributed by atoms with Crippen LogP contribution >= 0.6 is 8.46 Å². The van der Waals surface area contributed by atoms with Gasteiger partial charge in [-0.25, -0.2) is 0 Å². The zero-order valence-electron chi connectivity index (χ0n) is 17.6. The lowest BCUT2D eigenvalue weighted by molar-refractivity contribution is -0.146. The van der Waals surface area contributed by atoms with E-state index >= 15 is 0 Å². The second kappa shape index (κ2) is 13.5. The number of carboxylic acids is 4. The van der Waals surface area contributed by atoms with Crippen LogP contribution in [-0.4, -0.2) is 146 Å². The topological polar surface area (TPSA) is 199 Å². The van der Waals surface area contributed by atoms with Gasteiger partial charge in [0.05, 0.1) is 26.1 Å². The smallest absolute Gasteiger partial charge is 0.317 e. The first kappa shape index (κ1) is 27.9. The molecule has 2 atom stereocenters. The van der Waals surface area contributed by atoms with Crippen LogP contribution in [0.1, 0.15) is 6.42 Å². The molecule has 5 N–H and O–H groups in total. The second-order valence-electron chi connectivity index (χ2n) is 7.56. The van der Waals surface area contributed by atoms with Crippen molar-refractivity contribution in [3.63, 3.8) is 0 Å². The van der Waals surface area contributed by atoms with E-state index < -0.39 is 44.2 Å². The summed E-state index contributed by atoms with van der Waals surface area (Å²) in [6.07, 6.45) is -0.809. The molecule has 184 valence electrons. The molecule has 0 aliphatic carbocycles. The van der Waals surface area contributed by atoms with Crippen molar-refractivity contribution in [3.05, 3.63) is 0 Å². The third kappa shape index (κ3) is 10.5. The van der Waals surface area contributed by atoms with E-state index in [1.807, 2.05) is 0 Å². The van der Waals surface area contributed by atoms with Gasteiger partial charge >= 0.3 is 23.9 Å². The molecule has 15 heteroatoms. The zero-order chi connectivity index (χ0) is 24.3. The molecule has 2 unspecified atom stereocenters. The Morgan fingerprint density at radius 1 is 0.625 bits per heavy atom. The van der Waals surface area contributed by atoms with Gasteiger partial charge in [-0.05, 0) is 0 Å². The minimum absolute atomic E-state index is 0.0217. The first-order valence-corrected chi connectivity index (χ1v) is 11.0. The number of carboxylic acid groups (broad SMARTS) is 4. The van der Waals surface area contributed by atoms with Crippen LogP contribution in [-0.2, 0) is 23.7 Å². The average molecular weight is 482 g/mol. The molecule has 1 saturated heterocycles. The highest BCUT2D eigenvalue weighted by molar-refractivity contribution is 7.25. The lowest BCUT2D eigenvalue weighted by Crippen LogP contribution is -2.54. The number of rotatable bonds is 10. The largest absolute Gasteiger partial charge is 0.481 e. The summed E-state index contributed by atoms with van der Waals surface area (Å²) in [6, 6.07) is 0. The SMILES string of the molecule is O=[PH2]C(O)(CC(=O)O)N1CCN(CC(=O)O)CCN(CC(=O)O)CCN(CC(=O)O)CC1. The molecule has 32 heavy (non-hydrogen) atoms. The standard InChI is InChI=1S/C17H31N4O10P/c22-13(23)9-17(30,32-31)21-7-5-19(11-15(26)27)3-1-18(10-14(24)25)2-4-20(6-8-21)12-16(28)29/h30H,1-12,32H2,(H,22,23)(H,24,25)(H,26,27)(H,28,29). The van der Waals surface area contributed by atoms with Crippen molar-refractivity contribution in [1.82, 2.24) is 19.6 Å². The molecule has 0 bridgehead atoms. The maximum absolute atomic E-state index is 11.8. The Labute approximate surface area is 185 Å². The molecule has 14 nitrogen and oxygen atoms in total. The highest BCUT2D eigenvalue weighted by Gasteiger charge is 2.36. The molecular formula is C17H31N4O10P. The van der Waals surface area contributed by atoms with E-state index in [9.17, 15) is 39.1 Å². The Kier molecular flexibility index (Phi) is 11.8. The number of hydrogen-bond acceptors (Lipinski definition) is 10. The molecule has 0 amide bonds. The van der Waals surface area contributed by atoms with Crippen LogP contribution in [0.3, 0.4) is 0 Å². The van der Waals surface area contributed by atoms with Gasteiger partial charge in [0, 0.05) is 52.4 Å². The Morgan fingerprint density at radius 2 is 0.938 bits per heavy atom. The van der Waals surface area contributed by atoms with Crippen molar-refractivity contribution < 1.29 is 49.3 Å². The Morgan fingerprint density at radius 3 is 1.19 bits per heavy atom. The van der Waals surface area contributed by atoms with E-state index in [0.717, 1.165) is 0 Å². The van der Waals surface area contributed by atoms with E-state index in [4.69, 9.17) is 10.2 Å². The summed E-state index contributed by atoms with van der Waals surface area (Å²) >= 11 is 0. The Balaban J connectivity index is 3.15. The fourth-order valence-corrected chi connectivity index (χ4v) is 4.09. The Hall–Kier alpha value is -2.09. The van der Waals surface area contributed by atoms with Gasteiger partial charge < -0.3 is 30.1 Å². The highest BCUT2D eigenvalue weighted by Crippen LogP contribution is 2.28. The molecule has 0 aromatic carbocycles. The molecule has 0 radical (unpaired) electrons. The predicted octanol–water partition coefficient (Wildman–Crippen LogP) is -2.66. The van der Waals surface area contributed by atoms with Gasteiger partial charge in [-0.15, -0.1) is 0 Å². The summed E-state index contributed by atoms with van der Waals surface area (Å²) in [5, 5.41) is 47.3. The van der Waals surface area contributed by atoms with Crippen molar-refractivity contribution in [3.8, 4) is 0 Å². The number of hydrogen-bond donors (Lipinski definition) is 5. The van der Waals surface area contributed by atoms with Crippen molar-refractivity contribution >= 4 is 32.3 Å². The van der Waals surface area contributed by atoms with Gasteiger partial charge in [0.1, 0.15) is 8.46 Å². The van der Waals surface area contributed by atoms with Crippen molar-refractivity contribution in [1.29, 1.82) is 0 Å². The fraction of sp³-hybridized carbons (Fsp3) is 0.765. The summed E-state index contributed by atoms with van der Waals surface area (Å²) < 4.78 is 11.8. The summed E-state index contributed by atoms with van der Waals surface area (Å²) in [4.78, 5) is 50.7. The first-order chi connectivity index (χ1) is 14.9. The summed E-state index contributed by atoms with van der Waals surface area (Å²) in [6.45, 7) is -0.157. The van der Waals surface area contributed by atoms with E-state index in [0.29, 0.717) is 0 Å². The lowest BCUT2D eigenvalue weighted by Gasteiger charge is -2.38. The molecule has 0 aromatic heterocycles. The van der Waals surface area contributed by atoms with Gasteiger partial charge in [0.25, 0.3) is 0 Å². The van der Waals surface area contributed by atoms with Gasteiger partial charge in [0.15, 0.2) is 5.47 Å². The summed E-state index contributed by atoms with van der Waals surface area (Å²) in [5.74, 6) is -4.67. The van der Waals surface area contributed by atoms with E-state index in [-0.39, 0.29) is 72.0 Å². The Bertz CT molecular complexity index is 664. The van der Waals surface area contributed by atoms with Crippen LogP contribution in [0.5, 0.6) is 0 Å². The predicted molar refractivity (Wildman–Crippen MR) is 111 cm³/mol. The molecule has 1 heterocycles. The van der Waals surface area contributed by atoms with E-state index in [1.54, 1.807) is 4.90 Å². The molecule has 1 rings (SSSR count). The number of aliphatic hydroxyl groups is 1. The maximum Gasteiger partial charge on any atom is 0.317 e. The number of aliphatic carboxylic acids is 4. The molecule has 0 saturated carbocycles. The third-order valence-electron chi connectivity index (χ3n) is 5.06. The van der Waals surface area contributed by atoms with Gasteiger partial charge in [-0.2, -0.15) is 0 Å². The zero-order valence-corrected chi connectivity index (χ0v) is 18.8. The average Bonchev–Trinajstić information content (AvgIpc) is 2.66. The van der Waals surface area contributed by atoms with Gasteiger partial charge in [0.2, 0.25) is 0 Å². The van der Waals surface area contributed by atoms with Gasteiger partial charge in [-0.1, -0.05) is 0 Å². The normalized spacial score (nSPS) is 20.9. The molecule has 0 aromatic rings. The van der Waals surface area contributed by atoms with E-state index in [1.165, 1.54) is 14.7 Å². The van der Waals surface area contributed by atoms with Crippen LogP contribution in [0, 0.1) is 0 Å². The summed E-state index contributed by atoms with van der Waals surface area (Å²) in [5.41, 5.74) is -2.14. The highest BCUT2D eigenvalue weighted by atomic mass is 31.1. The molecule has 0 spiro atoms. The number of carbonyl (C=O) groups is 4. The van der Waals surface area contributed by atoms with Crippen LogP contribution < -0.4 is 0 Å². The van der Waals surface area contributed by atoms with Crippen LogP contribution in [0.15, 0.2) is 0 Å². The molecule has 1 aliphatic heterocycles. The lowest BCUT2D eigenvalue weighted by atomic mass is 10.2. The fourth-order valence-electron chi connectivity index (χ4n) is 3.42. The van der Waals surface area contributed by atoms with Crippen LogP contribution in [0.25, 0.3) is 0 Å². The summed E-state index contributed by atoms with van der Waals surface area (Å²) in [7, 11) is -1.96. The quantitative estimate of drug-likeness (QED) is 0.202. The van der Waals surface area contributed by atoms with Crippen molar-refractivity contribution in [2.24, 2.45) is 0 Å². The van der Waals surface area contributed by atoms with Crippen LogP contribution in [0.4, 0.5) is 0 Å². The van der Waals surface area contributed by atoms with Gasteiger partial charge in [-0.3, -0.25) is 38.8 Å². The third-order valence-corrected chi connectivity index (χ3v) is 6.01. The molecule has 1 fully saturated rings. The number of nitrogens with zero attached hydrogens (tertiary/aromatic N) is 4.